The molecule has 0 aromatic rings. The molecule has 4 heteroatoms. The van der Waals surface area contributed by atoms with E-state index in [2.05, 4.69) is 23.6 Å². The molecule has 2 aliphatic heterocycles. The fraction of sp³-hybridized carbons (Fsp3) is 0.938. The van der Waals surface area contributed by atoms with E-state index in [-0.39, 0.29) is 5.41 Å². The van der Waals surface area contributed by atoms with E-state index in [1.165, 1.54) is 32.4 Å². The molecule has 0 saturated carbocycles. The molecule has 0 aliphatic carbocycles. The Kier molecular flexibility index (Phi) is 5.44. The molecular weight excluding hydrogens is 250 g/mol. The van der Waals surface area contributed by atoms with Crippen molar-refractivity contribution in [3.8, 4) is 0 Å². The minimum atomic E-state index is -0.326. The Morgan fingerprint density at radius 2 is 1.80 bits per heavy atom. The van der Waals surface area contributed by atoms with Crippen molar-refractivity contribution in [3.05, 3.63) is 0 Å². The van der Waals surface area contributed by atoms with Crippen LogP contribution in [0, 0.1) is 5.41 Å². The maximum Gasteiger partial charge on any atom is 0.230 e. The van der Waals surface area contributed by atoms with Crippen LogP contribution in [0.3, 0.4) is 0 Å². The van der Waals surface area contributed by atoms with Crippen molar-refractivity contribution in [3.63, 3.8) is 0 Å². The van der Waals surface area contributed by atoms with Gasteiger partial charge in [0.25, 0.3) is 0 Å². The molecule has 0 aromatic carbocycles. The Morgan fingerprint density at radius 3 is 2.35 bits per heavy atom. The normalized spacial score (nSPS) is 25.1. The minimum Gasteiger partial charge on any atom is -0.341 e. The number of carbonyl (C=O) groups excluding carboxylic acids is 1. The lowest BCUT2D eigenvalue weighted by Crippen LogP contribution is -2.54. The molecule has 2 aliphatic rings. The summed E-state index contributed by atoms with van der Waals surface area (Å²) >= 11 is 0. The first kappa shape index (κ1) is 15.8. The van der Waals surface area contributed by atoms with Crippen molar-refractivity contribution >= 4 is 5.91 Å². The van der Waals surface area contributed by atoms with Gasteiger partial charge in [0.05, 0.1) is 5.41 Å². The maximum absolute atomic E-state index is 12.9. The average Bonchev–Trinajstić information content (AvgIpc) is 3.04. The third-order valence-electron chi connectivity index (χ3n) is 5.54. The summed E-state index contributed by atoms with van der Waals surface area (Å²) in [7, 11) is 0. The Hall–Kier alpha value is -0.610. The second kappa shape index (κ2) is 6.90. The zero-order valence-corrected chi connectivity index (χ0v) is 13.2. The van der Waals surface area contributed by atoms with Gasteiger partial charge in [0.15, 0.2) is 0 Å². The Labute approximate surface area is 123 Å². The van der Waals surface area contributed by atoms with E-state index < -0.39 is 0 Å². The number of nitrogens with zero attached hydrogens (tertiary/aromatic N) is 2. The summed E-state index contributed by atoms with van der Waals surface area (Å²) in [5, 5.41) is 0. The Bertz CT molecular complexity index is 313. The van der Waals surface area contributed by atoms with Crippen LogP contribution in [0.25, 0.3) is 0 Å². The van der Waals surface area contributed by atoms with Gasteiger partial charge >= 0.3 is 0 Å². The summed E-state index contributed by atoms with van der Waals surface area (Å²) in [6, 6.07) is 0.583. The molecule has 1 atom stereocenters. The zero-order chi connectivity index (χ0) is 14.6. The molecular formula is C16H31N3O. The summed E-state index contributed by atoms with van der Waals surface area (Å²) in [6.45, 7) is 8.94. The van der Waals surface area contributed by atoms with Gasteiger partial charge in [-0.25, -0.2) is 0 Å². The average molecular weight is 281 g/mol. The van der Waals surface area contributed by atoms with Crippen LogP contribution >= 0.6 is 0 Å². The summed E-state index contributed by atoms with van der Waals surface area (Å²) in [5.41, 5.74) is 5.61. The van der Waals surface area contributed by atoms with Gasteiger partial charge in [-0.2, -0.15) is 0 Å². The van der Waals surface area contributed by atoms with Crippen LogP contribution in [0.5, 0.6) is 0 Å². The van der Waals surface area contributed by atoms with Gasteiger partial charge in [0.1, 0.15) is 0 Å². The first-order chi connectivity index (χ1) is 9.66. The fourth-order valence-electron chi connectivity index (χ4n) is 3.81. The smallest absolute Gasteiger partial charge is 0.230 e. The van der Waals surface area contributed by atoms with E-state index in [0.717, 1.165) is 32.4 Å². The molecule has 2 heterocycles. The quantitative estimate of drug-likeness (QED) is 0.836. The van der Waals surface area contributed by atoms with Crippen LogP contribution in [0.2, 0.25) is 0 Å². The summed E-state index contributed by atoms with van der Waals surface area (Å²) in [5.74, 6) is 0.300. The van der Waals surface area contributed by atoms with Gasteiger partial charge in [-0.1, -0.05) is 13.8 Å². The molecule has 116 valence electrons. The van der Waals surface area contributed by atoms with Crippen molar-refractivity contribution < 1.29 is 4.79 Å². The van der Waals surface area contributed by atoms with E-state index in [0.29, 0.717) is 18.5 Å². The standard InChI is InChI=1S/C16H31N3O/c1-3-16(4-2,13-17)15(20)19-11-7-8-14(12-19)18-9-5-6-10-18/h14H,3-13,17H2,1-2H3. The van der Waals surface area contributed by atoms with Crippen LogP contribution in [0.1, 0.15) is 52.4 Å². The number of likely N-dealkylation sites (tertiary alicyclic amines) is 2. The molecule has 0 aromatic heterocycles. The van der Waals surface area contributed by atoms with E-state index in [1.54, 1.807) is 0 Å². The number of amides is 1. The van der Waals surface area contributed by atoms with Crippen LogP contribution in [-0.4, -0.2) is 54.5 Å². The largest absolute Gasteiger partial charge is 0.341 e. The number of hydrogen-bond acceptors (Lipinski definition) is 3. The highest BCUT2D eigenvalue weighted by Gasteiger charge is 2.39. The zero-order valence-electron chi connectivity index (χ0n) is 13.2. The molecule has 4 nitrogen and oxygen atoms in total. The number of nitrogens with two attached hydrogens (primary N) is 1. The lowest BCUT2D eigenvalue weighted by atomic mass is 9.80. The van der Waals surface area contributed by atoms with Crippen molar-refractivity contribution in [2.45, 2.75) is 58.4 Å². The maximum atomic E-state index is 12.9. The molecule has 1 amide bonds. The van der Waals surface area contributed by atoms with Crippen LogP contribution < -0.4 is 5.73 Å². The number of rotatable bonds is 5. The predicted molar refractivity (Wildman–Crippen MR) is 82.5 cm³/mol. The fourth-order valence-corrected chi connectivity index (χ4v) is 3.81. The Morgan fingerprint density at radius 1 is 1.15 bits per heavy atom. The lowest BCUT2D eigenvalue weighted by molar-refractivity contribution is -0.144. The van der Waals surface area contributed by atoms with Crippen LogP contribution in [0.15, 0.2) is 0 Å². The SMILES string of the molecule is CCC(CC)(CN)C(=O)N1CCCC(N2CCCC2)C1. The lowest BCUT2D eigenvalue weighted by Gasteiger charge is -2.42. The van der Waals surface area contributed by atoms with E-state index >= 15 is 0 Å². The minimum absolute atomic E-state index is 0.300. The monoisotopic (exact) mass is 281 g/mol. The molecule has 20 heavy (non-hydrogen) atoms. The van der Waals surface area contributed by atoms with Crippen LogP contribution in [-0.2, 0) is 4.79 Å². The van der Waals surface area contributed by atoms with Crippen molar-refractivity contribution in [1.82, 2.24) is 9.80 Å². The highest BCUT2D eigenvalue weighted by atomic mass is 16.2. The van der Waals surface area contributed by atoms with Crippen molar-refractivity contribution in [1.29, 1.82) is 0 Å². The summed E-state index contributed by atoms with van der Waals surface area (Å²) in [4.78, 5) is 17.6. The van der Waals surface area contributed by atoms with Crippen molar-refractivity contribution in [2.24, 2.45) is 11.1 Å². The molecule has 2 rings (SSSR count). The topological polar surface area (TPSA) is 49.6 Å². The van der Waals surface area contributed by atoms with Crippen molar-refractivity contribution in [2.75, 3.05) is 32.7 Å². The van der Waals surface area contributed by atoms with Gasteiger partial charge in [-0.3, -0.25) is 9.69 Å². The molecule has 0 radical (unpaired) electrons. The van der Waals surface area contributed by atoms with E-state index in [1.807, 2.05) is 0 Å². The second-order valence-electron chi connectivity index (χ2n) is 6.48. The first-order valence-corrected chi connectivity index (χ1v) is 8.40. The third-order valence-corrected chi connectivity index (χ3v) is 5.54. The summed E-state index contributed by atoms with van der Waals surface area (Å²) < 4.78 is 0. The number of piperidine rings is 1. The van der Waals surface area contributed by atoms with E-state index in [9.17, 15) is 4.79 Å². The van der Waals surface area contributed by atoms with Gasteiger partial charge < -0.3 is 10.6 Å². The molecule has 2 fully saturated rings. The predicted octanol–water partition coefficient (Wildman–Crippen LogP) is 1.84. The second-order valence-corrected chi connectivity index (χ2v) is 6.48. The van der Waals surface area contributed by atoms with Crippen LogP contribution in [0.4, 0.5) is 0 Å². The third kappa shape index (κ3) is 3.01. The molecule has 0 spiro atoms. The molecule has 1 unspecified atom stereocenters. The summed E-state index contributed by atoms with van der Waals surface area (Å²) in [6.07, 6.45) is 6.73. The Balaban J connectivity index is 2.02. The molecule has 2 saturated heterocycles. The number of hydrogen-bond donors (Lipinski definition) is 1. The van der Waals surface area contributed by atoms with Gasteiger partial charge in [-0.05, 0) is 51.6 Å². The number of carbonyl (C=O) groups is 1. The highest BCUT2D eigenvalue weighted by molar-refractivity contribution is 5.83. The van der Waals surface area contributed by atoms with E-state index in [4.69, 9.17) is 5.73 Å². The molecule has 2 N–H and O–H groups in total. The first-order valence-electron chi connectivity index (χ1n) is 8.40. The molecule has 0 bridgehead atoms. The van der Waals surface area contributed by atoms with Gasteiger partial charge in [0.2, 0.25) is 5.91 Å². The van der Waals surface area contributed by atoms with Gasteiger partial charge in [0, 0.05) is 25.7 Å². The highest BCUT2D eigenvalue weighted by Crippen LogP contribution is 2.30. The van der Waals surface area contributed by atoms with Gasteiger partial charge in [-0.15, -0.1) is 0 Å².